The van der Waals surface area contributed by atoms with Gasteiger partial charge in [-0.3, -0.25) is 0 Å². The summed E-state index contributed by atoms with van der Waals surface area (Å²) in [6.45, 7) is 3.55. The van der Waals surface area contributed by atoms with Crippen LogP contribution >= 0.6 is 11.8 Å². The zero-order valence-electron chi connectivity index (χ0n) is 17.0. The molecule has 152 valence electrons. The van der Waals surface area contributed by atoms with Crippen LogP contribution in [0.2, 0.25) is 0 Å². The maximum absolute atomic E-state index is 13.0. The molecule has 5 heteroatoms. The Morgan fingerprint density at radius 3 is 2.23 bits per heavy atom. The summed E-state index contributed by atoms with van der Waals surface area (Å²) in [5.74, 6) is 0. The van der Waals surface area contributed by atoms with Crippen molar-refractivity contribution in [3.8, 4) is 0 Å². The molecule has 2 amide bonds. The van der Waals surface area contributed by atoms with E-state index in [-0.39, 0.29) is 12.1 Å². The first kappa shape index (κ1) is 19.1. The Labute approximate surface area is 181 Å². The van der Waals surface area contributed by atoms with Crippen LogP contribution in [0, 0.1) is 6.92 Å². The van der Waals surface area contributed by atoms with Crippen molar-refractivity contribution in [2.24, 2.45) is 0 Å². The third-order valence-corrected chi connectivity index (χ3v) is 6.95. The number of nitrogens with one attached hydrogen (secondary N) is 1. The fraction of sp³-hybridized carbons (Fsp3) is 0.240. The van der Waals surface area contributed by atoms with Gasteiger partial charge in [-0.25, -0.2) is 4.79 Å². The molecule has 0 saturated carbocycles. The van der Waals surface area contributed by atoms with Crippen molar-refractivity contribution in [3.63, 3.8) is 0 Å². The van der Waals surface area contributed by atoms with Crippen molar-refractivity contribution in [1.29, 1.82) is 0 Å². The number of rotatable bonds is 2. The molecule has 2 aliphatic heterocycles. The molecule has 0 bridgehead atoms. The third kappa shape index (κ3) is 3.65. The van der Waals surface area contributed by atoms with E-state index >= 15 is 0 Å². The Morgan fingerprint density at radius 1 is 0.933 bits per heavy atom. The third-order valence-electron chi connectivity index (χ3n) is 5.82. The Balaban J connectivity index is 1.40. The smallest absolute Gasteiger partial charge is 0.321 e. The number of anilines is 3. The SMILES string of the molecule is Cc1ccc(NC(=O)N2CCCC(N3c4ccccc4Sc4ccccc43)C2)cc1. The van der Waals surface area contributed by atoms with E-state index in [1.54, 1.807) is 0 Å². The molecule has 1 N–H and O–H groups in total. The van der Waals surface area contributed by atoms with Crippen LogP contribution in [0.5, 0.6) is 0 Å². The summed E-state index contributed by atoms with van der Waals surface area (Å²) < 4.78 is 0. The van der Waals surface area contributed by atoms with Crippen LogP contribution in [-0.2, 0) is 0 Å². The summed E-state index contributed by atoms with van der Waals surface area (Å²) in [5, 5.41) is 3.06. The van der Waals surface area contributed by atoms with Crippen LogP contribution in [0.25, 0.3) is 0 Å². The average Bonchev–Trinajstić information content (AvgIpc) is 2.79. The number of aryl methyl sites for hydroxylation is 1. The van der Waals surface area contributed by atoms with Crippen molar-refractivity contribution in [1.82, 2.24) is 4.90 Å². The molecule has 0 aliphatic carbocycles. The van der Waals surface area contributed by atoms with Crippen LogP contribution < -0.4 is 10.2 Å². The summed E-state index contributed by atoms with van der Waals surface area (Å²) in [7, 11) is 0. The number of urea groups is 1. The minimum absolute atomic E-state index is 0.0171. The first-order valence-corrected chi connectivity index (χ1v) is 11.3. The highest BCUT2D eigenvalue weighted by Gasteiger charge is 2.33. The first-order valence-electron chi connectivity index (χ1n) is 10.5. The minimum atomic E-state index is -0.0171. The van der Waals surface area contributed by atoms with Crippen LogP contribution in [0.4, 0.5) is 21.9 Å². The Morgan fingerprint density at radius 2 is 1.57 bits per heavy atom. The van der Waals surface area contributed by atoms with Gasteiger partial charge in [0.2, 0.25) is 0 Å². The second kappa shape index (κ2) is 8.07. The van der Waals surface area contributed by atoms with Crippen molar-refractivity contribution in [3.05, 3.63) is 78.4 Å². The van der Waals surface area contributed by atoms with Gasteiger partial charge < -0.3 is 15.1 Å². The fourth-order valence-corrected chi connectivity index (χ4v) is 5.39. The average molecular weight is 416 g/mol. The summed E-state index contributed by atoms with van der Waals surface area (Å²) >= 11 is 1.83. The molecule has 2 aliphatic rings. The molecule has 1 unspecified atom stereocenters. The number of nitrogens with zero attached hydrogens (tertiary/aromatic N) is 2. The molecular formula is C25H25N3OS. The molecule has 0 radical (unpaired) electrons. The van der Waals surface area contributed by atoms with E-state index in [1.165, 1.54) is 26.7 Å². The lowest BCUT2D eigenvalue weighted by Crippen LogP contribution is -2.50. The maximum atomic E-state index is 13.0. The monoisotopic (exact) mass is 415 g/mol. The molecule has 0 spiro atoms. The molecule has 1 saturated heterocycles. The summed E-state index contributed by atoms with van der Waals surface area (Å²) in [4.78, 5) is 19.9. The quantitative estimate of drug-likeness (QED) is 0.534. The van der Waals surface area contributed by atoms with E-state index in [2.05, 4.69) is 58.7 Å². The van der Waals surface area contributed by atoms with Gasteiger partial charge in [-0.1, -0.05) is 53.7 Å². The maximum Gasteiger partial charge on any atom is 0.321 e. The lowest BCUT2D eigenvalue weighted by atomic mass is 10.0. The molecular weight excluding hydrogens is 390 g/mol. The van der Waals surface area contributed by atoms with Gasteiger partial charge in [0.1, 0.15) is 0 Å². The fourth-order valence-electron chi connectivity index (χ4n) is 4.32. The van der Waals surface area contributed by atoms with Gasteiger partial charge in [0.05, 0.1) is 17.4 Å². The van der Waals surface area contributed by atoms with Crippen molar-refractivity contribution >= 4 is 34.9 Å². The molecule has 1 fully saturated rings. The number of piperidine rings is 1. The largest absolute Gasteiger partial charge is 0.335 e. The molecule has 30 heavy (non-hydrogen) atoms. The molecule has 0 aromatic heterocycles. The highest BCUT2D eigenvalue weighted by atomic mass is 32.2. The molecule has 4 nitrogen and oxygen atoms in total. The number of benzene rings is 3. The van der Waals surface area contributed by atoms with Crippen molar-refractivity contribution in [2.75, 3.05) is 23.3 Å². The number of likely N-dealkylation sites (tertiary alicyclic amines) is 1. The number of fused-ring (bicyclic) bond motifs is 2. The van der Waals surface area contributed by atoms with E-state index in [0.717, 1.165) is 25.1 Å². The molecule has 2 heterocycles. The number of para-hydroxylation sites is 2. The van der Waals surface area contributed by atoms with Crippen LogP contribution in [0.1, 0.15) is 18.4 Å². The Bertz CT molecular complexity index is 1020. The zero-order chi connectivity index (χ0) is 20.5. The molecule has 3 aromatic rings. The molecule has 1 atom stereocenters. The lowest BCUT2D eigenvalue weighted by molar-refractivity contribution is 0.193. The van der Waals surface area contributed by atoms with Crippen LogP contribution in [-0.4, -0.2) is 30.1 Å². The van der Waals surface area contributed by atoms with Gasteiger partial charge in [-0.05, 0) is 56.2 Å². The molecule has 3 aromatic carbocycles. The summed E-state index contributed by atoms with van der Waals surface area (Å²) in [5.41, 5.74) is 4.52. The van der Waals surface area contributed by atoms with E-state index in [1.807, 2.05) is 47.9 Å². The topological polar surface area (TPSA) is 35.6 Å². The highest BCUT2D eigenvalue weighted by molar-refractivity contribution is 7.99. The van der Waals surface area contributed by atoms with Gasteiger partial charge >= 0.3 is 6.03 Å². The Hall–Kier alpha value is -2.92. The number of hydrogen-bond acceptors (Lipinski definition) is 3. The van der Waals surface area contributed by atoms with Gasteiger partial charge in [0, 0.05) is 28.6 Å². The van der Waals surface area contributed by atoms with E-state index < -0.39 is 0 Å². The molecule has 5 rings (SSSR count). The first-order chi connectivity index (χ1) is 14.7. The van der Waals surface area contributed by atoms with Gasteiger partial charge in [-0.2, -0.15) is 0 Å². The highest BCUT2D eigenvalue weighted by Crippen LogP contribution is 2.49. The second-order valence-corrected chi connectivity index (χ2v) is 9.03. The van der Waals surface area contributed by atoms with E-state index in [0.29, 0.717) is 6.54 Å². The normalized spacial score (nSPS) is 17.8. The lowest BCUT2D eigenvalue weighted by Gasteiger charge is -2.43. The standard InChI is InChI=1S/C25H25N3OS/c1-18-12-14-19(15-13-18)26-25(29)27-16-6-7-20(17-27)28-21-8-2-4-10-23(21)30-24-11-5-3-9-22(24)28/h2-5,8-15,20H,6-7,16-17H2,1H3,(H,26,29). The van der Waals surface area contributed by atoms with Crippen LogP contribution in [0.15, 0.2) is 82.6 Å². The van der Waals surface area contributed by atoms with Crippen LogP contribution in [0.3, 0.4) is 0 Å². The second-order valence-electron chi connectivity index (χ2n) is 7.95. The Kier molecular flexibility index (Phi) is 5.13. The predicted molar refractivity (Wildman–Crippen MR) is 124 cm³/mol. The summed E-state index contributed by atoms with van der Waals surface area (Å²) in [6.07, 6.45) is 2.07. The number of carbonyl (C=O) groups is 1. The van der Waals surface area contributed by atoms with Crippen molar-refractivity contribution in [2.45, 2.75) is 35.6 Å². The van der Waals surface area contributed by atoms with E-state index in [9.17, 15) is 4.79 Å². The van der Waals surface area contributed by atoms with Crippen molar-refractivity contribution < 1.29 is 4.79 Å². The van der Waals surface area contributed by atoms with Gasteiger partial charge in [0.15, 0.2) is 0 Å². The zero-order valence-corrected chi connectivity index (χ0v) is 17.9. The predicted octanol–water partition coefficient (Wildman–Crippen LogP) is 6.29. The number of carbonyl (C=O) groups excluding carboxylic acids is 1. The summed E-state index contributed by atoms with van der Waals surface area (Å²) in [6, 6.07) is 25.4. The minimum Gasteiger partial charge on any atom is -0.335 e. The van der Waals surface area contributed by atoms with Gasteiger partial charge in [-0.15, -0.1) is 0 Å². The number of amides is 2. The number of hydrogen-bond donors (Lipinski definition) is 1. The van der Waals surface area contributed by atoms with Gasteiger partial charge in [0.25, 0.3) is 0 Å². The van der Waals surface area contributed by atoms with E-state index in [4.69, 9.17) is 0 Å².